The fraction of sp³-hybridized carbons (Fsp3) is 0.263. The van der Waals surface area contributed by atoms with Crippen molar-refractivity contribution >= 4 is 23.6 Å². The van der Waals surface area contributed by atoms with E-state index in [4.69, 9.17) is 5.26 Å². The molecule has 1 fully saturated rings. The van der Waals surface area contributed by atoms with Crippen LogP contribution in [0.5, 0.6) is 0 Å². The minimum absolute atomic E-state index is 0.320. The third kappa shape index (κ3) is 4.64. The van der Waals surface area contributed by atoms with Gasteiger partial charge in [0.15, 0.2) is 0 Å². The Morgan fingerprint density at radius 3 is 2.79 bits per heavy atom. The van der Waals surface area contributed by atoms with Gasteiger partial charge in [0.05, 0.1) is 24.7 Å². The van der Waals surface area contributed by atoms with Crippen molar-refractivity contribution in [2.45, 2.75) is 28.2 Å². The molecular weight excluding hydrogens is 386 g/mol. The van der Waals surface area contributed by atoms with Crippen molar-refractivity contribution in [2.75, 3.05) is 13.1 Å². The van der Waals surface area contributed by atoms with E-state index in [0.29, 0.717) is 10.5 Å². The summed E-state index contributed by atoms with van der Waals surface area (Å²) in [5.74, 6) is -4.33. The largest absolute Gasteiger partial charge is 0.343 e. The predicted molar refractivity (Wildman–Crippen MR) is 97.8 cm³/mol. The van der Waals surface area contributed by atoms with Crippen LogP contribution in [0.3, 0.4) is 0 Å². The highest BCUT2D eigenvalue weighted by molar-refractivity contribution is 7.99. The van der Waals surface area contributed by atoms with Crippen molar-refractivity contribution in [3.63, 3.8) is 0 Å². The Hall–Kier alpha value is -2.99. The average Bonchev–Trinajstić information content (AvgIpc) is 3.02. The van der Waals surface area contributed by atoms with Crippen LogP contribution in [0.25, 0.3) is 0 Å². The molecule has 2 heterocycles. The molecule has 0 saturated carbocycles. The van der Waals surface area contributed by atoms with Gasteiger partial charge in [-0.15, -0.1) is 0 Å². The van der Waals surface area contributed by atoms with Crippen molar-refractivity contribution in [3.05, 3.63) is 54.4 Å². The van der Waals surface area contributed by atoms with E-state index in [9.17, 15) is 18.4 Å². The van der Waals surface area contributed by atoms with Crippen molar-refractivity contribution in [3.8, 4) is 6.07 Å². The molecule has 0 unspecified atom stereocenters. The molecule has 28 heavy (non-hydrogen) atoms. The van der Waals surface area contributed by atoms with Gasteiger partial charge in [-0.25, -0.2) is 8.78 Å². The molecule has 1 aromatic heterocycles. The third-order valence-electron chi connectivity index (χ3n) is 4.14. The highest BCUT2D eigenvalue weighted by atomic mass is 32.2. The summed E-state index contributed by atoms with van der Waals surface area (Å²) < 4.78 is 26.9. The number of carbonyl (C=O) groups excluding carboxylic acids is 2. The van der Waals surface area contributed by atoms with E-state index in [1.807, 2.05) is 30.3 Å². The second-order valence-electron chi connectivity index (χ2n) is 6.20. The summed E-state index contributed by atoms with van der Waals surface area (Å²) in [5.41, 5.74) is 0.320. The standard InChI is InChI=1S/C19H16F2N4O2S/c20-19(21)8-13(9-22)25(12-19)17(26)11-24-18(27)15-6-7-23-10-16(15)28-14-4-2-1-3-5-14/h1-7,10,13H,8,11-12H2,(H,24,27)/t13-/m0/s1. The molecule has 144 valence electrons. The molecule has 0 radical (unpaired) electrons. The van der Waals surface area contributed by atoms with Gasteiger partial charge in [0, 0.05) is 28.6 Å². The lowest BCUT2D eigenvalue weighted by molar-refractivity contribution is -0.131. The fourth-order valence-electron chi connectivity index (χ4n) is 2.81. The number of halogens is 2. The number of likely N-dealkylation sites (tertiary alicyclic amines) is 1. The zero-order valence-electron chi connectivity index (χ0n) is 14.6. The topological polar surface area (TPSA) is 86.1 Å². The number of nitriles is 1. The summed E-state index contributed by atoms with van der Waals surface area (Å²) in [7, 11) is 0. The summed E-state index contributed by atoms with van der Waals surface area (Å²) in [6.07, 6.45) is 2.31. The van der Waals surface area contributed by atoms with Crippen molar-refractivity contribution in [1.82, 2.24) is 15.2 Å². The van der Waals surface area contributed by atoms with E-state index in [0.717, 1.165) is 9.80 Å². The van der Waals surface area contributed by atoms with Crippen LogP contribution >= 0.6 is 11.8 Å². The summed E-state index contributed by atoms with van der Waals surface area (Å²) in [5, 5.41) is 11.4. The smallest absolute Gasteiger partial charge is 0.268 e. The van der Waals surface area contributed by atoms with Gasteiger partial charge in [-0.05, 0) is 18.2 Å². The van der Waals surface area contributed by atoms with Gasteiger partial charge >= 0.3 is 0 Å². The van der Waals surface area contributed by atoms with Crippen molar-refractivity contribution < 1.29 is 18.4 Å². The van der Waals surface area contributed by atoms with Crippen LogP contribution in [0, 0.1) is 11.3 Å². The van der Waals surface area contributed by atoms with Crippen molar-refractivity contribution in [1.29, 1.82) is 5.26 Å². The summed E-state index contributed by atoms with van der Waals surface area (Å²) in [6, 6.07) is 11.4. The van der Waals surface area contributed by atoms with Crippen LogP contribution in [0.1, 0.15) is 16.8 Å². The van der Waals surface area contributed by atoms with E-state index < -0.39 is 43.3 Å². The molecule has 3 rings (SSSR count). The number of rotatable bonds is 5. The highest BCUT2D eigenvalue weighted by Gasteiger charge is 2.47. The number of aromatic nitrogens is 1. The fourth-order valence-corrected chi connectivity index (χ4v) is 3.74. The van der Waals surface area contributed by atoms with Gasteiger partial charge in [0.1, 0.15) is 6.04 Å². The SMILES string of the molecule is N#C[C@@H]1CC(F)(F)CN1C(=O)CNC(=O)c1ccncc1Sc1ccccc1. The molecule has 1 atom stereocenters. The van der Waals surface area contributed by atoms with Crippen LogP contribution in [0.15, 0.2) is 58.6 Å². The summed E-state index contributed by atoms with van der Waals surface area (Å²) >= 11 is 1.34. The van der Waals surface area contributed by atoms with Crippen LogP contribution in [0.4, 0.5) is 8.78 Å². The van der Waals surface area contributed by atoms with E-state index in [1.54, 1.807) is 12.3 Å². The normalized spacial score (nSPS) is 17.8. The molecule has 9 heteroatoms. The number of hydrogen-bond acceptors (Lipinski definition) is 5. The third-order valence-corrected chi connectivity index (χ3v) is 5.19. The van der Waals surface area contributed by atoms with Crippen LogP contribution in [-0.4, -0.2) is 46.8 Å². The van der Waals surface area contributed by atoms with Crippen molar-refractivity contribution in [2.24, 2.45) is 0 Å². The molecule has 0 bridgehead atoms. The first kappa shape index (κ1) is 19.8. The Bertz CT molecular complexity index is 918. The number of benzene rings is 1. The number of hydrogen-bond donors (Lipinski definition) is 1. The number of carbonyl (C=O) groups is 2. The van der Waals surface area contributed by atoms with Gasteiger partial charge < -0.3 is 10.2 Å². The molecule has 1 aromatic carbocycles. The number of pyridine rings is 1. The molecule has 0 spiro atoms. The zero-order chi connectivity index (χ0) is 20.1. The quantitative estimate of drug-likeness (QED) is 0.831. The van der Waals surface area contributed by atoms with Crippen LogP contribution in [-0.2, 0) is 4.79 Å². The molecule has 1 saturated heterocycles. The minimum Gasteiger partial charge on any atom is -0.343 e. The molecule has 6 nitrogen and oxygen atoms in total. The zero-order valence-corrected chi connectivity index (χ0v) is 15.5. The summed E-state index contributed by atoms with van der Waals surface area (Å²) in [6.45, 7) is -1.28. The minimum atomic E-state index is -3.09. The molecule has 2 aromatic rings. The first-order valence-electron chi connectivity index (χ1n) is 8.42. The lowest BCUT2D eigenvalue weighted by Gasteiger charge is -2.19. The molecule has 1 aliphatic rings. The number of alkyl halides is 2. The molecular formula is C19H16F2N4O2S. The van der Waals surface area contributed by atoms with Gasteiger partial charge in [0.2, 0.25) is 5.91 Å². The van der Waals surface area contributed by atoms with Gasteiger partial charge in [0.25, 0.3) is 11.8 Å². The Kier molecular flexibility index (Phi) is 5.90. The highest BCUT2D eigenvalue weighted by Crippen LogP contribution is 2.32. The Morgan fingerprint density at radius 1 is 1.32 bits per heavy atom. The van der Waals surface area contributed by atoms with Crippen LogP contribution < -0.4 is 5.32 Å². The number of nitrogens with one attached hydrogen (secondary N) is 1. The maximum Gasteiger partial charge on any atom is 0.268 e. The monoisotopic (exact) mass is 402 g/mol. The molecule has 2 amide bonds. The number of nitrogens with zero attached hydrogens (tertiary/aromatic N) is 3. The Labute approximate surface area is 164 Å². The lowest BCUT2D eigenvalue weighted by Crippen LogP contribution is -2.43. The summed E-state index contributed by atoms with van der Waals surface area (Å²) in [4.78, 5) is 31.1. The molecule has 1 N–H and O–H groups in total. The average molecular weight is 402 g/mol. The molecule has 0 aliphatic carbocycles. The lowest BCUT2D eigenvalue weighted by atomic mass is 10.2. The van der Waals surface area contributed by atoms with E-state index >= 15 is 0 Å². The first-order chi connectivity index (χ1) is 13.4. The molecule has 1 aliphatic heterocycles. The first-order valence-corrected chi connectivity index (χ1v) is 9.23. The van der Waals surface area contributed by atoms with E-state index in [1.165, 1.54) is 24.0 Å². The van der Waals surface area contributed by atoms with Gasteiger partial charge in [-0.2, -0.15) is 5.26 Å². The maximum atomic E-state index is 13.5. The van der Waals surface area contributed by atoms with E-state index in [2.05, 4.69) is 10.3 Å². The Balaban J connectivity index is 1.66. The predicted octanol–water partition coefficient (Wildman–Crippen LogP) is 2.72. The van der Waals surface area contributed by atoms with Gasteiger partial charge in [-0.3, -0.25) is 14.6 Å². The second-order valence-corrected chi connectivity index (χ2v) is 7.31. The van der Waals surface area contributed by atoms with E-state index in [-0.39, 0.29) is 0 Å². The van der Waals surface area contributed by atoms with Gasteiger partial charge in [-0.1, -0.05) is 30.0 Å². The number of amides is 2. The maximum absolute atomic E-state index is 13.5. The van der Waals surface area contributed by atoms with Crippen LogP contribution in [0.2, 0.25) is 0 Å². The Morgan fingerprint density at radius 2 is 2.07 bits per heavy atom. The second kappa shape index (κ2) is 8.35.